The molecule has 0 spiro atoms. The van der Waals surface area contributed by atoms with Crippen molar-refractivity contribution in [3.63, 3.8) is 0 Å². The molecule has 0 heterocycles. The second-order valence-corrected chi connectivity index (χ2v) is 6.08. The first-order valence-corrected chi connectivity index (χ1v) is 9.59. The van der Waals surface area contributed by atoms with Crippen molar-refractivity contribution in [1.82, 2.24) is 0 Å². The minimum atomic E-state index is -0.711. The van der Waals surface area contributed by atoms with Gasteiger partial charge >= 0.3 is 5.97 Å². The molecule has 0 saturated heterocycles. The third-order valence-corrected chi connectivity index (χ3v) is 3.72. The van der Waals surface area contributed by atoms with Gasteiger partial charge in [-0.15, -0.1) is 0 Å². The third-order valence-electron chi connectivity index (χ3n) is 3.72. The van der Waals surface area contributed by atoms with E-state index in [0.29, 0.717) is 0 Å². The van der Waals surface area contributed by atoms with Gasteiger partial charge in [-0.2, -0.15) is 0 Å². The Morgan fingerprint density at radius 1 is 0.667 bits per heavy atom. The van der Waals surface area contributed by atoms with Crippen LogP contribution >= 0.6 is 0 Å². The third kappa shape index (κ3) is 20.4. The standard InChI is InChI=1S/C22H36O2/c1-2-3-4-5-6-7-8-9-10-11-12-13-14-15-16-17-18-19-20-21-22(23)24/h8-9,11-12,14-15,17-18H,2-7,10,13,16,19-21H2,1H3,(H,23,24)/b9-8+,12-11+,15-14+,18-17+. The summed E-state index contributed by atoms with van der Waals surface area (Å²) in [5, 5.41) is 8.51. The van der Waals surface area contributed by atoms with Gasteiger partial charge in [-0.1, -0.05) is 81.2 Å². The number of hydrogen-bond donors (Lipinski definition) is 1. The molecule has 0 aliphatic heterocycles. The topological polar surface area (TPSA) is 37.3 Å². The number of carboxylic acids is 1. The monoisotopic (exact) mass is 332 g/mol. The van der Waals surface area contributed by atoms with Crippen molar-refractivity contribution in [2.45, 2.75) is 84.0 Å². The SMILES string of the molecule is CCCCCCC/C=C/C/C=C/C/C=C/C/C=C/CCCC(=O)O. The summed E-state index contributed by atoms with van der Waals surface area (Å²) in [6, 6.07) is 0. The summed E-state index contributed by atoms with van der Waals surface area (Å²) in [6.45, 7) is 2.25. The molecule has 2 nitrogen and oxygen atoms in total. The lowest BCUT2D eigenvalue weighted by Crippen LogP contribution is -1.92. The molecule has 1 N–H and O–H groups in total. The molecule has 0 amide bonds. The second kappa shape index (κ2) is 19.5. The molecule has 0 bridgehead atoms. The van der Waals surface area contributed by atoms with Crippen LogP contribution in [0, 0.1) is 0 Å². The summed E-state index contributed by atoms with van der Waals surface area (Å²) < 4.78 is 0. The lowest BCUT2D eigenvalue weighted by atomic mass is 10.1. The van der Waals surface area contributed by atoms with Gasteiger partial charge in [0, 0.05) is 6.42 Å². The molecule has 136 valence electrons. The first-order chi connectivity index (χ1) is 11.8. The Kier molecular flexibility index (Phi) is 18.2. The van der Waals surface area contributed by atoms with Crippen LogP contribution in [-0.2, 0) is 4.79 Å². The summed E-state index contributed by atoms with van der Waals surface area (Å²) in [7, 11) is 0. The highest BCUT2D eigenvalue weighted by atomic mass is 16.4. The maximum Gasteiger partial charge on any atom is 0.303 e. The minimum Gasteiger partial charge on any atom is -0.481 e. The first-order valence-electron chi connectivity index (χ1n) is 9.59. The summed E-state index contributed by atoms with van der Waals surface area (Å²) >= 11 is 0. The van der Waals surface area contributed by atoms with E-state index in [1.807, 2.05) is 0 Å². The number of rotatable bonds is 16. The molecular weight excluding hydrogens is 296 g/mol. The molecule has 24 heavy (non-hydrogen) atoms. The van der Waals surface area contributed by atoms with Gasteiger partial charge in [0.25, 0.3) is 0 Å². The van der Waals surface area contributed by atoms with E-state index < -0.39 is 5.97 Å². The smallest absolute Gasteiger partial charge is 0.303 e. The predicted molar refractivity (Wildman–Crippen MR) is 105 cm³/mol. The Hall–Kier alpha value is -1.57. The highest BCUT2D eigenvalue weighted by Gasteiger charge is 1.92. The number of carbonyl (C=O) groups is 1. The van der Waals surface area contributed by atoms with E-state index >= 15 is 0 Å². The van der Waals surface area contributed by atoms with E-state index in [4.69, 9.17) is 5.11 Å². The molecule has 0 atom stereocenters. The van der Waals surface area contributed by atoms with Crippen LogP contribution in [-0.4, -0.2) is 11.1 Å². The van der Waals surface area contributed by atoms with Gasteiger partial charge < -0.3 is 5.11 Å². The van der Waals surface area contributed by atoms with Crippen LogP contribution in [0.5, 0.6) is 0 Å². The van der Waals surface area contributed by atoms with Crippen LogP contribution < -0.4 is 0 Å². The molecule has 0 aromatic heterocycles. The molecule has 0 unspecified atom stereocenters. The number of aliphatic carboxylic acids is 1. The zero-order valence-electron chi connectivity index (χ0n) is 15.5. The van der Waals surface area contributed by atoms with E-state index in [2.05, 4.69) is 55.5 Å². The van der Waals surface area contributed by atoms with E-state index in [1.54, 1.807) is 0 Å². The lowest BCUT2D eigenvalue weighted by Gasteiger charge is -1.95. The summed E-state index contributed by atoms with van der Waals surface area (Å²) in [5.41, 5.74) is 0. The molecule has 0 aliphatic carbocycles. The van der Waals surface area contributed by atoms with Crippen molar-refractivity contribution >= 4 is 5.97 Å². The number of carboxylic acid groups (broad SMARTS) is 1. The fraction of sp³-hybridized carbons (Fsp3) is 0.591. The van der Waals surface area contributed by atoms with Crippen molar-refractivity contribution < 1.29 is 9.90 Å². The number of hydrogen-bond acceptors (Lipinski definition) is 1. The Bertz CT molecular complexity index is 389. The molecule has 0 radical (unpaired) electrons. The largest absolute Gasteiger partial charge is 0.481 e. The number of allylic oxidation sites excluding steroid dienone is 8. The predicted octanol–water partition coefficient (Wildman–Crippen LogP) is 7.00. The maximum absolute atomic E-state index is 10.3. The molecule has 2 heteroatoms. The van der Waals surface area contributed by atoms with Gasteiger partial charge in [-0.3, -0.25) is 4.79 Å². The van der Waals surface area contributed by atoms with Gasteiger partial charge in [0.15, 0.2) is 0 Å². The van der Waals surface area contributed by atoms with Gasteiger partial charge in [-0.25, -0.2) is 0 Å². The van der Waals surface area contributed by atoms with Crippen LogP contribution in [0.25, 0.3) is 0 Å². The van der Waals surface area contributed by atoms with Crippen molar-refractivity contribution in [2.75, 3.05) is 0 Å². The van der Waals surface area contributed by atoms with Gasteiger partial charge in [0.1, 0.15) is 0 Å². The van der Waals surface area contributed by atoms with Crippen LogP contribution in [0.15, 0.2) is 48.6 Å². The second-order valence-electron chi connectivity index (χ2n) is 6.08. The minimum absolute atomic E-state index is 0.262. The van der Waals surface area contributed by atoms with Crippen LogP contribution in [0.3, 0.4) is 0 Å². The zero-order chi connectivity index (χ0) is 17.7. The highest BCUT2D eigenvalue weighted by molar-refractivity contribution is 5.66. The van der Waals surface area contributed by atoms with E-state index in [1.165, 1.54) is 38.5 Å². The van der Waals surface area contributed by atoms with Gasteiger partial charge in [0.2, 0.25) is 0 Å². The lowest BCUT2D eigenvalue weighted by molar-refractivity contribution is -0.137. The Labute approximate surface area is 149 Å². The van der Waals surface area contributed by atoms with Crippen molar-refractivity contribution in [2.24, 2.45) is 0 Å². The van der Waals surface area contributed by atoms with Gasteiger partial charge in [0.05, 0.1) is 0 Å². The molecule has 0 saturated carbocycles. The molecule has 0 aromatic rings. The Morgan fingerprint density at radius 2 is 1.12 bits per heavy atom. The van der Waals surface area contributed by atoms with Crippen molar-refractivity contribution in [1.29, 1.82) is 0 Å². The van der Waals surface area contributed by atoms with Crippen LogP contribution in [0.1, 0.15) is 84.0 Å². The highest BCUT2D eigenvalue weighted by Crippen LogP contribution is 2.05. The van der Waals surface area contributed by atoms with Crippen LogP contribution in [0.4, 0.5) is 0 Å². The van der Waals surface area contributed by atoms with Gasteiger partial charge in [-0.05, 0) is 44.9 Å². The van der Waals surface area contributed by atoms with Crippen molar-refractivity contribution in [3.8, 4) is 0 Å². The zero-order valence-corrected chi connectivity index (χ0v) is 15.5. The molecule has 0 rings (SSSR count). The summed E-state index contributed by atoms with van der Waals surface area (Å²) in [6.07, 6.45) is 30.3. The van der Waals surface area contributed by atoms with Crippen molar-refractivity contribution in [3.05, 3.63) is 48.6 Å². The first kappa shape index (κ1) is 22.4. The molecule has 0 fully saturated rings. The quantitative estimate of drug-likeness (QED) is 0.244. The van der Waals surface area contributed by atoms with Crippen LogP contribution in [0.2, 0.25) is 0 Å². The summed E-state index contributed by atoms with van der Waals surface area (Å²) in [4.78, 5) is 10.3. The fourth-order valence-electron chi connectivity index (χ4n) is 2.29. The normalized spacial score (nSPS) is 12.4. The molecular formula is C22H36O2. The number of unbranched alkanes of at least 4 members (excludes halogenated alkanes) is 6. The molecule has 0 aromatic carbocycles. The average molecular weight is 333 g/mol. The molecule has 0 aliphatic rings. The Morgan fingerprint density at radius 3 is 1.62 bits per heavy atom. The fourth-order valence-corrected chi connectivity index (χ4v) is 2.29. The Balaban J connectivity index is 3.38. The summed E-state index contributed by atoms with van der Waals surface area (Å²) in [5.74, 6) is -0.711. The van der Waals surface area contributed by atoms with E-state index in [0.717, 1.165) is 32.1 Å². The van der Waals surface area contributed by atoms with E-state index in [9.17, 15) is 4.79 Å². The van der Waals surface area contributed by atoms with E-state index in [-0.39, 0.29) is 6.42 Å². The maximum atomic E-state index is 10.3. The average Bonchev–Trinajstić information content (AvgIpc) is 2.56.